The molecule has 28 heavy (non-hydrogen) atoms. The summed E-state index contributed by atoms with van der Waals surface area (Å²) in [6, 6.07) is 4.23. The number of nitrogens with one attached hydrogen (secondary N) is 1. The first kappa shape index (κ1) is 19.3. The largest absolute Gasteiger partial charge is 0.452 e. The summed E-state index contributed by atoms with van der Waals surface area (Å²) in [4.78, 5) is 16.2. The Morgan fingerprint density at radius 1 is 0.964 bits per heavy atom. The van der Waals surface area contributed by atoms with Gasteiger partial charge in [0.1, 0.15) is 11.6 Å². The summed E-state index contributed by atoms with van der Waals surface area (Å²) >= 11 is 0. The molecular formula is C19H11F5N2O2. The van der Waals surface area contributed by atoms with Crippen molar-refractivity contribution in [3.8, 4) is 11.5 Å². The molecule has 0 aliphatic heterocycles. The van der Waals surface area contributed by atoms with Gasteiger partial charge in [0.05, 0.1) is 17.4 Å². The lowest BCUT2D eigenvalue weighted by Crippen LogP contribution is -2.14. The van der Waals surface area contributed by atoms with Crippen LogP contribution < -0.4 is 10.1 Å². The standard InChI is InChI=1S/C19H11F5N2O2/c1-9-17(23)13(22)7-15(18(9)24)28-16-8-25-5-4-11(16)19(27)26-14-3-2-10(20)6-12(14)21/h2-8H,1H3,(H,26,27). The van der Waals surface area contributed by atoms with Gasteiger partial charge < -0.3 is 10.1 Å². The smallest absolute Gasteiger partial charge is 0.259 e. The minimum atomic E-state index is -1.36. The van der Waals surface area contributed by atoms with E-state index in [-0.39, 0.29) is 17.0 Å². The predicted octanol–water partition coefficient (Wildman–Crippen LogP) is 5.13. The minimum Gasteiger partial charge on any atom is -0.452 e. The van der Waals surface area contributed by atoms with Gasteiger partial charge in [-0.3, -0.25) is 9.78 Å². The average molecular weight is 394 g/mol. The van der Waals surface area contributed by atoms with Crippen LogP contribution in [0.15, 0.2) is 42.7 Å². The van der Waals surface area contributed by atoms with Gasteiger partial charge in [0.2, 0.25) is 0 Å². The number of pyridine rings is 1. The highest BCUT2D eigenvalue weighted by Gasteiger charge is 2.20. The Balaban J connectivity index is 1.93. The van der Waals surface area contributed by atoms with E-state index in [0.717, 1.165) is 25.3 Å². The maximum absolute atomic E-state index is 14.2. The third kappa shape index (κ3) is 3.78. The number of aromatic nitrogens is 1. The van der Waals surface area contributed by atoms with Gasteiger partial charge in [0.25, 0.3) is 5.91 Å². The third-order valence-corrected chi connectivity index (χ3v) is 3.77. The molecule has 0 saturated carbocycles. The molecule has 144 valence electrons. The van der Waals surface area contributed by atoms with Crippen molar-refractivity contribution < 1.29 is 31.5 Å². The fourth-order valence-electron chi connectivity index (χ4n) is 2.32. The number of anilines is 1. The zero-order chi connectivity index (χ0) is 20.4. The van der Waals surface area contributed by atoms with Crippen LogP contribution in [0.2, 0.25) is 0 Å². The Morgan fingerprint density at radius 3 is 2.43 bits per heavy atom. The van der Waals surface area contributed by atoms with E-state index in [1.165, 1.54) is 12.3 Å². The van der Waals surface area contributed by atoms with E-state index in [2.05, 4.69) is 10.3 Å². The van der Waals surface area contributed by atoms with Crippen LogP contribution in [0.1, 0.15) is 15.9 Å². The molecule has 0 unspecified atom stereocenters. The van der Waals surface area contributed by atoms with Crippen LogP contribution in [0.5, 0.6) is 11.5 Å². The zero-order valence-corrected chi connectivity index (χ0v) is 14.2. The van der Waals surface area contributed by atoms with Crippen LogP contribution >= 0.6 is 0 Å². The second kappa shape index (κ2) is 7.63. The van der Waals surface area contributed by atoms with Gasteiger partial charge >= 0.3 is 0 Å². The summed E-state index contributed by atoms with van der Waals surface area (Å²) in [6.45, 7) is 1.02. The normalized spacial score (nSPS) is 10.6. The van der Waals surface area contributed by atoms with Gasteiger partial charge in [0.15, 0.2) is 29.0 Å². The van der Waals surface area contributed by atoms with Crippen molar-refractivity contribution in [3.63, 3.8) is 0 Å². The first-order valence-corrected chi connectivity index (χ1v) is 7.80. The Kier molecular flexibility index (Phi) is 5.25. The van der Waals surface area contributed by atoms with E-state index in [1.807, 2.05) is 0 Å². The molecule has 0 aliphatic carbocycles. The molecule has 2 aromatic carbocycles. The van der Waals surface area contributed by atoms with E-state index in [1.54, 1.807) is 0 Å². The van der Waals surface area contributed by atoms with E-state index >= 15 is 0 Å². The monoisotopic (exact) mass is 394 g/mol. The number of carbonyl (C=O) groups is 1. The van der Waals surface area contributed by atoms with Gasteiger partial charge in [-0.15, -0.1) is 0 Å². The Morgan fingerprint density at radius 2 is 1.71 bits per heavy atom. The van der Waals surface area contributed by atoms with Crippen LogP contribution in [-0.2, 0) is 0 Å². The summed E-state index contributed by atoms with van der Waals surface area (Å²) in [7, 11) is 0. The molecule has 1 aromatic heterocycles. The SMILES string of the molecule is Cc1c(F)c(F)cc(Oc2cnccc2C(=O)Nc2ccc(F)cc2F)c1F. The van der Waals surface area contributed by atoms with Crippen molar-refractivity contribution >= 4 is 11.6 Å². The average Bonchev–Trinajstić information content (AvgIpc) is 2.67. The highest BCUT2D eigenvalue weighted by Crippen LogP contribution is 2.31. The lowest BCUT2D eigenvalue weighted by atomic mass is 10.2. The molecule has 1 amide bonds. The molecule has 0 bridgehead atoms. The van der Waals surface area contributed by atoms with Crippen LogP contribution in [0.4, 0.5) is 27.6 Å². The van der Waals surface area contributed by atoms with Gasteiger partial charge in [-0.1, -0.05) is 0 Å². The number of hydrogen-bond donors (Lipinski definition) is 1. The number of rotatable bonds is 4. The van der Waals surface area contributed by atoms with Gasteiger partial charge in [0, 0.05) is 23.9 Å². The number of halogens is 5. The summed E-state index contributed by atoms with van der Waals surface area (Å²) in [5, 5.41) is 2.21. The molecule has 3 rings (SSSR count). The van der Waals surface area contributed by atoms with Gasteiger partial charge in [-0.2, -0.15) is 0 Å². The van der Waals surface area contributed by atoms with Crippen LogP contribution in [0.25, 0.3) is 0 Å². The summed E-state index contributed by atoms with van der Waals surface area (Å²) < 4.78 is 73.0. The first-order valence-electron chi connectivity index (χ1n) is 7.80. The fraction of sp³-hybridized carbons (Fsp3) is 0.0526. The second-order valence-electron chi connectivity index (χ2n) is 5.66. The maximum atomic E-state index is 14.2. The van der Waals surface area contributed by atoms with Crippen LogP contribution in [-0.4, -0.2) is 10.9 Å². The van der Waals surface area contributed by atoms with Crippen molar-refractivity contribution in [2.24, 2.45) is 0 Å². The van der Waals surface area contributed by atoms with Crippen LogP contribution in [0, 0.1) is 36.0 Å². The van der Waals surface area contributed by atoms with E-state index in [9.17, 15) is 26.7 Å². The number of benzene rings is 2. The Bertz CT molecular complexity index is 1070. The molecule has 0 radical (unpaired) electrons. The Hall–Kier alpha value is -3.49. The second-order valence-corrected chi connectivity index (χ2v) is 5.66. The molecule has 0 saturated heterocycles. The molecule has 4 nitrogen and oxygen atoms in total. The summed E-state index contributed by atoms with van der Waals surface area (Å²) in [6.07, 6.45) is 2.27. The molecule has 0 atom stereocenters. The van der Waals surface area contributed by atoms with E-state index < -0.39 is 46.3 Å². The van der Waals surface area contributed by atoms with Gasteiger partial charge in [-0.05, 0) is 25.1 Å². The zero-order valence-electron chi connectivity index (χ0n) is 14.2. The van der Waals surface area contributed by atoms with Crippen molar-refractivity contribution in [3.05, 3.63) is 82.9 Å². The minimum absolute atomic E-state index is 0.194. The van der Waals surface area contributed by atoms with Crippen molar-refractivity contribution in [1.82, 2.24) is 4.98 Å². The quantitative estimate of drug-likeness (QED) is 0.493. The van der Waals surface area contributed by atoms with E-state index in [0.29, 0.717) is 12.1 Å². The highest BCUT2D eigenvalue weighted by molar-refractivity contribution is 6.06. The molecule has 3 aromatic rings. The number of nitrogens with zero attached hydrogens (tertiary/aromatic N) is 1. The molecule has 0 fully saturated rings. The molecule has 0 aliphatic rings. The van der Waals surface area contributed by atoms with Gasteiger partial charge in [-0.25, -0.2) is 22.0 Å². The molecule has 9 heteroatoms. The Labute approximate surface area is 155 Å². The number of amides is 1. The summed E-state index contributed by atoms with van der Waals surface area (Å²) in [5.41, 5.74) is -1.09. The number of ether oxygens (including phenoxy) is 1. The first-order chi connectivity index (χ1) is 13.3. The third-order valence-electron chi connectivity index (χ3n) is 3.77. The number of hydrogen-bond acceptors (Lipinski definition) is 3. The lowest BCUT2D eigenvalue weighted by molar-refractivity contribution is 0.102. The van der Waals surface area contributed by atoms with Crippen molar-refractivity contribution in [2.75, 3.05) is 5.32 Å². The molecular weight excluding hydrogens is 383 g/mol. The molecule has 0 spiro atoms. The van der Waals surface area contributed by atoms with Crippen LogP contribution in [0.3, 0.4) is 0 Å². The number of carbonyl (C=O) groups excluding carboxylic acids is 1. The van der Waals surface area contributed by atoms with Crippen molar-refractivity contribution in [1.29, 1.82) is 0 Å². The predicted molar refractivity (Wildman–Crippen MR) is 89.7 cm³/mol. The van der Waals surface area contributed by atoms with E-state index in [4.69, 9.17) is 4.74 Å². The fourth-order valence-corrected chi connectivity index (χ4v) is 2.32. The lowest BCUT2D eigenvalue weighted by Gasteiger charge is -2.13. The topological polar surface area (TPSA) is 51.2 Å². The van der Waals surface area contributed by atoms with Crippen molar-refractivity contribution in [2.45, 2.75) is 6.92 Å². The molecule has 1 heterocycles. The maximum Gasteiger partial charge on any atom is 0.259 e. The summed E-state index contributed by atoms with van der Waals surface area (Å²) in [5.74, 6) is -7.50. The highest BCUT2D eigenvalue weighted by atomic mass is 19.2. The molecule has 1 N–H and O–H groups in total.